The molecule has 0 aromatic carbocycles. The van der Waals surface area contributed by atoms with E-state index < -0.39 is 0 Å². The molecule has 1 amide bonds. The van der Waals surface area contributed by atoms with E-state index >= 15 is 0 Å². The van der Waals surface area contributed by atoms with Crippen LogP contribution in [-0.2, 0) is 4.79 Å². The van der Waals surface area contributed by atoms with E-state index in [1.165, 1.54) is 18.4 Å². The van der Waals surface area contributed by atoms with Crippen molar-refractivity contribution >= 4 is 5.91 Å². The highest BCUT2D eigenvalue weighted by Gasteiger charge is 2.25. The fourth-order valence-electron chi connectivity index (χ4n) is 1.76. The predicted octanol–water partition coefficient (Wildman–Crippen LogP) is 0.985. The smallest absolute Gasteiger partial charge is 0.244 e. The molecule has 2 nitrogen and oxygen atoms in total. The van der Waals surface area contributed by atoms with Gasteiger partial charge in [0.25, 0.3) is 0 Å². The van der Waals surface area contributed by atoms with Gasteiger partial charge in [0, 0.05) is 6.08 Å². The first kappa shape index (κ1) is 5.96. The van der Waals surface area contributed by atoms with E-state index in [0.29, 0.717) is 6.04 Å². The second-order valence-electron chi connectivity index (χ2n) is 3.03. The van der Waals surface area contributed by atoms with Crippen LogP contribution in [0.1, 0.15) is 25.7 Å². The van der Waals surface area contributed by atoms with E-state index in [9.17, 15) is 4.79 Å². The maximum atomic E-state index is 10.8. The van der Waals surface area contributed by atoms with Crippen molar-refractivity contribution in [3.63, 3.8) is 0 Å². The second kappa shape index (κ2) is 2.11. The molecule has 54 valence electrons. The van der Waals surface area contributed by atoms with E-state index in [1.54, 1.807) is 6.08 Å². The lowest BCUT2D eigenvalue weighted by Gasteiger charge is -2.19. The highest BCUT2D eigenvalue weighted by Crippen LogP contribution is 2.26. The van der Waals surface area contributed by atoms with Gasteiger partial charge in [-0.1, -0.05) is 6.42 Å². The summed E-state index contributed by atoms with van der Waals surface area (Å²) < 4.78 is 0. The predicted molar refractivity (Wildman–Crippen MR) is 38.5 cm³/mol. The molecule has 1 aliphatic carbocycles. The zero-order chi connectivity index (χ0) is 6.97. The van der Waals surface area contributed by atoms with Gasteiger partial charge in [0.2, 0.25) is 5.91 Å². The highest BCUT2D eigenvalue weighted by atomic mass is 16.1. The van der Waals surface area contributed by atoms with Crippen LogP contribution >= 0.6 is 0 Å². The van der Waals surface area contributed by atoms with Gasteiger partial charge < -0.3 is 5.32 Å². The normalized spacial score (nSPS) is 31.0. The van der Waals surface area contributed by atoms with E-state index in [0.717, 1.165) is 12.8 Å². The van der Waals surface area contributed by atoms with Crippen LogP contribution in [0, 0.1) is 0 Å². The summed E-state index contributed by atoms with van der Waals surface area (Å²) in [6.07, 6.45) is 6.57. The molecule has 10 heavy (non-hydrogen) atoms. The standard InChI is InChI=1S/C8H11NO/c10-8-5-6-3-1-2-4-7(6)9-8/h5,7H,1-4H2,(H,9,10). The first-order valence-electron chi connectivity index (χ1n) is 3.87. The van der Waals surface area contributed by atoms with Gasteiger partial charge in [-0.2, -0.15) is 0 Å². The average molecular weight is 137 g/mol. The summed E-state index contributed by atoms with van der Waals surface area (Å²) in [6, 6.07) is 0.404. The topological polar surface area (TPSA) is 29.1 Å². The van der Waals surface area contributed by atoms with Gasteiger partial charge in [-0.25, -0.2) is 0 Å². The Labute approximate surface area is 60.3 Å². The van der Waals surface area contributed by atoms with Crippen LogP contribution in [0.5, 0.6) is 0 Å². The van der Waals surface area contributed by atoms with Crippen molar-refractivity contribution in [3.05, 3.63) is 11.6 Å². The van der Waals surface area contributed by atoms with Crippen LogP contribution in [-0.4, -0.2) is 11.9 Å². The average Bonchev–Trinajstić information content (AvgIpc) is 2.27. The summed E-state index contributed by atoms with van der Waals surface area (Å²) in [5, 5.41) is 2.92. The van der Waals surface area contributed by atoms with Gasteiger partial charge in [-0.3, -0.25) is 4.79 Å². The van der Waals surface area contributed by atoms with Gasteiger partial charge in [0.1, 0.15) is 0 Å². The molecule has 0 spiro atoms. The molecular weight excluding hydrogens is 126 g/mol. The van der Waals surface area contributed by atoms with Gasteiger partial charge in [-0.15, -0.1) is 0 Å². The van der Waals surface area contributed by atoms with E-state index in [2.05, 4.69) is 5.32 Å². The molecule has 1 unspecified atom stereocenters. The maximum absolute atomic E-state index is 10.8. The number of rotatable bonds is 0. The van der Waals surface area contributed by atoms with Crippen molar-refractivity contribution < 1.29 is 4.79 Å². The SMILES string of the molecule is O=C1C=C2CCCCC2N1. The Morgan fingerprint density at radius 2 is 2.40 bits per heavy atom. The van der Waals surface area contributed by atoms with Crippen LogP contribution in [0.2, 0.25) is 0 Å². The molecule has 0 aromatic rings. The largest absolute Gasteiger partial charge is 0.346 e. The second-order valence-corrected chi connectivity index (χ2v) is 3.03. The molecular formula is C8H11NO. The number of amides is 1. The number of carbonyl (C=O) groups excluding carboxylic acids is 1. The monoisotopic (exact) mass is 137 g/mol. The fourth-order valence-corrected chi connectivity index (χ4v) is 1.76. The van der Waals surface area contributed by atoms with Crippen molar-refractivity contribution in [1.82, 2.24) is 5.32 Å². The number of nitrogens with one attached hydrogen (secondary N) is 1. The van der Waals surface area contributed by atoms with Crippen LogP contribution in [0.4, 0.5) is 0 Å². The number of hydrogen-bond acceptors (Lipinski definition) is 1. The quantitative estimate of drug-likeness (QED) is 0.530. The lowest BCUT2D eigenvalue weighted by Crippen LogP contribution is -2.29. The fraction of sp³-hybridized carbons (Fsp3) is 0.625. The minimum Gasteiger partial charge on any atom is -0.346 e. The summed E-state index contributed by atoms with van der Waals surface area (Å²) >= 11 is 0. The molecule has 0 saturated heterocycles. The van der Waals surface area contributed by atoms with Crippen molar-refractivity contribution in [2.45, 2.75) is 31.7 Å². The number of fused-ring (bicyclic) bond motifs is 1. The Hall–Kier alpha value is -0.790. The first-order chi connectivity index (χ1) is 4.86. The third-order valence-corrected chi connectivity index (χ3v) is 2.29. The third-order valence-electron chi connectivity index (χ3n) is 2.29. The molecule has 0 aromatic heterocycles. The van der Waals surface area contributed by atoms with Gasteiger partial charge in [0.15, 0.2) is 0 Å². The molecule has 1 fully saturated rings. The highest BCUT2D eigenvalue weighted by molar-refractivity contribution is 5.91. The zero-order valence-corrected chi connectivity index (χ0v) is 5.89. The number of hydrogen-bond donors (Lipinski definition) is 1. The Balaban J connectivity index is 2.17. The Morgan fingerprint density at radius 3 is 3.20 bits per heavy atom. The molecule has 1 N–H and O–H groups in total. The molecule has 2 heteroatoms. The molecule has 2 rings (SSSR count). The Bertz CT molecular complexity index is 195. The van der Waals surface area contributed by atoms with E-state index in [-0.39, 0.29) is 5.91 Å². The van der Waals surface area contributed by atoms with Crippen molar-refractivity contribution in [3.8, 4) is 0 Å². The number of carbonyl (C=O) groups is 1. The molecule has 1 saturated carbocycles. The first-order valence-corrected chi connectivity index (χ1v) is 3.87. The molecule has 1 atom stereocenters. The van der Waals surface area contributed by atoms with Crippen LogP contribution in [0.3, 0.4) is 0 Å². The molecule has 0 bridgehead atoms. The molecule has 1 aliphatic heterocycles. The van der Waals surface area contributed by atoms with Crippen LogP contribution in [0.25, 0.3) is 0 Å². The molecule has 1 heterocycles. The Kier molecular flexibility index (Phi) is 1.26. The van der Waals surface area contributed by atoms with Crippen molar-refractivity contribution in [1.29, 1.82) is 0 Å². The minimum absolute atomic E-state index is 0.113. The van der Waals surface area contributed by atoms with Crippen molar-refractivity contribution in [2.24, 2.45) is 0 Å². The Morgan fingerprint density at radius 1 is 1.50 bits per heavy atom. The van der Waals surface area contributed by atoms with Gasteiger partial charge in [-0.05, 0) is 24.8 Å². The minimum atomic E-state index is 0.113. The summed E-state index contributed by atoms with van der Waals surface area (Å²) in [6.45, 7) is 0. The molecule has 0 radical (unpaired) electrons. The van der Waals surface area contributed by atoms with Crippen molar-refractivity contribution in [2.75, 3.05) is 0 Å². The molecule has 2 aliphatic rings. The third kappa shape index (κ3) is 0.838. The summed E-state index contributed by atoms with van der Waals surface area (Å²) in [5.41, 5.74) is 1.33. The lowest BCUT2D eigenvalue weighted by atomic mass is 9.92. The summed E-state index contributed by atoms with van der Waals surface area (Å²) in [4.78, 5) is 10.8. The van der Waals surface area contributed by atoms with E-state index in [1.807, 2.05) is 0 Å². The van der Waals surface area contributed by atoms with Crippen LogP contribution < -0.4 is 5.32 Å². The summed E-state index contributed by atoms with van der Waals surface area (Å²) in [5.74, 6) is 0.113. The lowest BCUT2D eigenvalue weighted by molar-refractivity contribution is -0.116. The maximum Gasteiger partial charge on any atom is 0.244 e. The van der Waals surface area contributed by atoms with Gasteiger partial charge in [0.05, 0.1) is 6.04 Å². The van der Waals surface area contributed by atoms with Gasteiger partial charge >= 0.3 is 0 Å². The van der Waals surface area contributed by atoms with Crippen LogP contribution in [0.15, 0.2) is 11.6 Å². The summed E-state index contributed by atoms with van der Waals surface area (Å²) in [7, 11) is 0. The zero-order valence-electron chi connectivity index (χ0n) is 5.89. The van der Waals surface area contributed by atoms with E-state index in [4.69, 9.17) is 0 Å².